The molecule has 19 heavy (non-hydrogen) atoms. The van der Waals surface area contributed by atoms with Gasteiger partial charge in [-0.1, -0.05) is 17.7 Å². The van der Waals surface area contributed by atoms with E-state index in [1.807, 2.05) is 30.9 Å². The van der Waals surface area contributed by atoms with Gasteiger partial charge in [0.2, 0.25) is 0 Å². The molecule has 100 valence electrons. The molecule has 4 nitrogen and oxygen atoms in total. The maximum Gasteiger partial charge on any atom is 0.122 e. The molecular formula is C15H19N3O. The van der Waals surface area contributed by atoms with E-state index >= 15 is 0 Å². The lowest BCUT2D eigenvalue weighted by molar-refractivity contribution is 0.273. The van der Waals surface area contributed by atoms with Gasteiger partial charge >= 0.3 is 0 Å². The summed E-state index contributed by atoms with van der Waals surface area (Å²) in [4.78, 5) is 2.03. The van der Waals surface area contributed by atoms with Crippen molar-refractivity contribution >= 4 is 0 Å². The molecule has 0 fully saturated rings. The van der Waals surface area contributed by atoms with Crippen LogP contribution in [0.4, 0.5) is 0 Å². The molecule has 0 spiro atoms. The van der Waals surface area contributed by atoms with Crippen molar-refractivity contribution in [3.8, 4) is 17.9 Å². The van der Waals surface area contributed by atoms with E-state index in [2.05, 4.69) is 12.1 Å². The summed E-state index contributed by atoms with van der Waals surface area (Å²) in [5, 5.41) is 27.4. The van der Waals surface area contributed by atoms with Gasteiger partial charge in [0.05, 0.1) is 12.1 Å². The number of hydrogen-bond donors (Lipinski definition) is 1. The highest BCUT2D eigenvalue weighted by Crippen LogP contribution is 2.25. The Labute approximate surface area is 114 Å². The van der Waals surface area contributed by atoms with E-state index in [-0.39, 0.29) is 0 Å². The summed E-state index contributed by atoms with van der Waals surface area (Å²) in [6, 6.07) is 8.11. The molecular weight excluding hydrogens is 238 g/mol. The fourth-order valence-corrected chi connectivity index (χ4v) is 2.10. The van der Waals surface area contributed by atoms with E-state index < -0.39 is 0 Å². The van der Waals surface area contributed by atoms with Gasteiger partial charge in [0.25, 0.3) is 0 Å². The van der Waals surface area contributed by atoms with E-state index in [0.29, 0.717) is 38.2 Å². The first-order valence-electron chi connectivity index (χ1n) is 6.33. The number of aromatic hydroxyl groups is 1. The Hall–Kier alpha value is -2.04. The van der Waals surface area contributed by atoms with Crippen molar-refractivity contribution in [1.29, 1.82) is 10.5 Å². The van der Waals surface area contributed by atoms with Crippen LogP contribution in [-0.2, 0) is 6.54 Å². The lowest BCUT2D eigenvalue weighted by Crippen LogP contribution is -2.25. The molecule has 0 aliphatic heterocycles. The fourth-order valence-electron chi connectivity index (χ4n) is 2.10. The molecule has 0 aromatic heterocycles. The number of rotatable bonds is 6. The van der Waals surface area contributed by atoms with E-state index in [4.69, 9.17) is 10.5 Å². The largest absolute Gasteiger partial charge is 0.507 e. The monoisotopic (exact) mass is 257 g/mol. The van der Waals surface area contributed by atoms with Crippen LogP contribution in [0.15, 0.2) is 12.1 Å². The normalized spacial score (nSPS) is 10.2. The maximum atomic E-state index is 10.1. The molecule has 0 radical (unpaired) electrons. The number of nitrogens with zero attached hydrogens (tertiary/aromatic N) is 3. The molecule has 0 unspecified atom stereocenters. The number of nitriles is 2. The van der Waals surface area contributed by atoms with Gasteiger partial charge in [0.1, 0.15) is 5.75 Å². The second kappa shape index (κ2) is 7.41. The predicted octanol–water partition coefficient (Wildman–Crippen LogP) is 2.64. The molecule has 0 heterocycles. The van der Waals surface area contributed by atoms with Crippen molar-refractivity contribution in [2.75, 3.05) is 13.1 Å². The summed E-state index contributed by atoms with van der Waals surface area (Å²) in [6.45, 7) is 5.67. The summed E-state index contributed by atoms with van der Waals surface area (Å²) in [7, 11) is 0. The first-order chi connectivity index (χ1) is 9.08. The van der Waals surface area contributed by atoms with Crippen molar-refractivity contribution in [2.45, 2.75) is 33.2 Å². The minimum atomic E-state index is 0.310. The first kappa shape index (κ1) is 15.0. The smallest absolute Gasteiger partial charge is 0.122 e. The quantitative estimate of drug-likeness (QED) is 0.850. The Bertz CT molecular complexity index is 493. The molecule has 1 rings (SSSR count). The zero-order valence-corrected chi connectivity index (χ0v) is 11.5. The highest BCUT2D eigenvalue weighted by Gasteiger charge is 2.11. The second-order valence-corrected chi connectivity index (χ2v) is 4.68. The summed E-state index contributed by atoms with van der Waals surface area (Å²) >= 11 is 0. The molecule has 0 aliphatic carbocycles. The Kier molecular flexibility index (Phi) is 5.85. The standard InChI is InChI=1S/C15H19N3O/c1-12-9-13(2)15(19)14(10-12)11-18(7-3-5-16)8-4-6-17/h9-10,19H,3-4,7-8,11H2,1-2H3. The zero-order chi connectivity index (χ0) is 14.3. The van der Waals surface area contributed by atoms with Gasteiger partial charge in [-0.15, -0.1) is 0 Å². The molecule has 1 N–H and O–H groups in total. The van der Waals surface area contributed by atoms with Gasteiger partial charge in [0, 0.05) is 38.0 Å². The predicted molar refractivity (Wildman–Crippen MR) is 73.3 cm³/mol. The summed E-state index contributed by atoms with van der Waals surface area (Å²) < 4.78 is 0. The highest BCUT2D eigenvalue weighted by atomic mass is 16.3. The average Bonchev–Trinajstić information content (AvgIpc) is 2.38. The van der Waals surface area contributed by atoms with Crippen LogP contribution in [0.25, 0.3) is 0 Å². The fraction of sp³-hybridized carbons (Fsp3) is 0.467. The summed E-state index contributed by atoms with van der Waals surface area (Å²) in [5.41, 5.74) is 2.81. The summed E-state index contributed by atoms with van der Waals surface area (Å²) in [5.74, 6) is 0.310. The molecule has 0 saturated heterocycles. The third kappa shape index (κ3) is 4.62. The first-order valence-corrected chi connectivity index (χ1v) is 6.33. The molecule has 0 atom stereocenters. The average molecular weight is 257 g/mol. The molecule has 0 aliphatic rings. The van der Waals surface area contributed by atoms with E-state index in [9.17, 15) is 5.11 Å². The number of hydrogen-bond acceptors (Lipinski definition) is 4. The van der Waals surface area contributed by atoms with Gasteiger partial charge in [0.15, 0.2) is 0 Å². The molecule has 0 bridgehead atoms. The van der Waals surface area contributed by atoms with Crippen LogP contribution in [0, 0.1) is 36.5 Å². The van der Waals surface area contributed by atoms with Crippen molar-refractivity contribution in [1.82, 2.24) is 4.90 Å². The number of phenols is 1. The summed E-state index contributed by atoms with van der Waals surface area (Å²) in [6.07, 6.45) is 0.855. The zero-order valence-electron chi connectivity index (χ0n) is 11.5. The van der Waals surface area contributed by atoms with Gasteiger partial charge in [-0.25, -0.2) is 0 Å². The Morgan fingerprint density at radius 1 is 1.11 bits per heavy atom. The topological polar surface area (TPSA) is 71.0 Å². The lowest BCUT2D eigenvalue weighted by atomic mass is 10.0. The van der Waals surface area contributed by atoms with Crippen LogP contribution in [0.2, 0.25) is 0 Å². The van der Waals surface area contributed by atoms with Crippen molar-refractivity contribution < 1.29 is 5.11 Å². The van der Waals surface area contributed by atoms with Crippen molar-refractivity contribution in [3.05, 3.63) is 28.8 Å². The molecule has 4 heteroatoms. The van der Waals surface area contributed by atoms with Crippen LogP contribution in [0.3, 0.4) is 0 Å². The van der Waals surface area contributed by atoms with Gasteiger partial charge in [-0.3, -0.25) is 4.90 Å². The SMILES string of the molecule is Cc1cc(C)c(O)c(CN(CCC#N)CCC#N)c1. The highest BCUT2D eigenvalue weighted by molar-refractivity contribution is 5.42. The second-order valence-electron chi connectivity index (χ2n) is 4.68. The van der Waals surface area contributed by atoms with Crippen LogP contribution in [-0.4, -0.2) is 23.1 Å². The maximum absolute atomic E-state index is 10.1. The number of benzene rings is 1. The number of aryl methyl sites for hydroxylation is 2. The van der Waals surface area contributed by atoms with Crippen LogP contribution in [0.1, 0.15) is 29.5 Å². The van der Waals surface area contributed by atoms with E-state index in [1.54, 1.807) is 0 Å². The Morgan fingerprint density at radius 3 is 2.21 bits per heavy atom. The van der Waals surface area contributed by atoms with E-state index in [0.717, 1.165) is 16.7 Å². The third-order valence-electron chi connectivity index (χ3n) is 3.00. The van der Waals surface area contributed by atoms with Crippen LogP contribution in [0.5, 0.6) is 5.75 Å². The lowest BCUT2D eigenvalue weighted by Gasteiger charge is -2.21. The van der Waals surface area contributed by atoms with Gasteiger partial charge in [-0.2, -0.15) is 10.5 Å². The Morgan fingerprint density at radius 2 is 1.68 bits per heavy atom. The van der Waals surface area contributed by atoms with Crippen molar-refractivity contribution in [2.24, 2.45) is 0 Å². The molecule has 1 aromatic rings. The van der Waals surface area contributed by atoms with Crippen LogP contribution < -0.4 is 0 Å². The number of phenolic OH excluding ortho intramolecular Hbond substituents is 1. The van der Waals surface area contributed by atoms with Crippen LogP contribution >= 0.6 is 0 Å². The van der Waals surface area contributed by atoms with Crippen molar-refractivity contribution in [3.63, 3.8) is 0 Å². The van der Waals surface area contributed by atoms with Gasteiger partial charge < -0.3 is 5.11 Å². The molecule has 0 saturated carbocycles. The minimum Gasteiger partial charge on any atom is -0.507 e. The minimum absolute atomic E-state index is 0.310. The van der Waals surface area contributed by atoms with Gasteiger partial charge in [-0.05, 0) is 19.4 Å². The molecule has 1 aromatic carbocycles. The Balaban J connectivity index is 2.83. The third-order valence-corrected chi connectivity index (χ3v) is 3.00. The molecule has 0 amide bonds. The van der Waals surface area contributed by atoms with E-state index in [1.165, 1.54) is 0 Å².